The number of thioether (sulfide) groups is 1. The summed E-state index contributed by atoms with van der Waals surface area (Å²) in [6.45, 7) is 6.26. The molecule has 0 spiro atoms. The number of hydrogen-bond acceptors (Lipinski definition) is 3. The summed E-state index contributed by atoms with van der Waals surface area (Å²) in [5.74, 6) is 7.94. The van der Waals surface area contributed by atoms with E-state index in [4.69, 9.17) is 5.84 Å². The first kappa shape index (κ1) is 14.5. The molecule has 0 aliphatic rings. The van der Waals surface area contributed by atoms with Crippen LogP contribution in [0.3, 0.4) is 0 Å². The van der Waals surface area contributed by atoms with Gasteiger partial charge in [-0.1, -0.05) is 19.9 Å². The Kier molecular flexibility index (Phi) is 5.95. The molecule has 0 radical (unpaired) electrons. The van der Waals surface area contributed by atoms with Crippen LogP contribution < -0.4 is 11.3 Å². The van der Waals surface area contributed by atoms with Crippen LogP contribution in [-0.2, 0) is 0 Å². The van der Waals surface area contributed by atoms with Crippen LogP contribution in [0.2, 0.25) is 0 Å². The number of rotatable bonds is 6. The second-order valence-corrected chi connectivity index (χ2v) is 5.79. The highest BCUT2D eigenvalue weighted by Gasteiger charge is 2.11. The summed E-state index contributed by atoms with van der Waals surface area (Å²) < 4.78 is 13.3. The molecule has 2 nitrogen and oxygen atoms in total. The van der Waals surface area contributed by atoms with Gasteiger partial charge in [-0.3, -0.25) is 11.3 Å². The highest BCUT2D eigenvalue weighted by Crippen LogP contribution is 2.21. The molecule has 0 aliphatic heterocycles. The van der Waals surface area contributed by atoms with Gasteiger partial charge in [-0.15, -0.1) is 0 Å². The molecule has 0 saturated heterocycles. The Labute approximate surface area is 107 Å². The van der Waals surface area contributed by atoms with E-state index in [1.165, 1.54) is 6.07 Å². The molecule has 0 heterocycles. The lowest BCUT2D eigenvalue weighted by molar-refractivity contribution is 0.589. The summed E-state index contributed by atoms with van der Waals surface area (Å²) in [5, 5.41) is 0. The van der Waals surface area contributed by atoms with Gasteiger partial charge in [0, 0.05) is 5.75 Å². The van der Waals surface area contributed by atoms with Gasteiger partial charge in [0.15, 0.2) is 0 Å². The molecule has 0 aliphatic carbocycles. The van der Waals surface area contributed by atoms with Gasteiger partial charge in [0.2, 0.25) is 0 Å². The minimum Gasteiger partial charge on any atom is -0.271 e. The van der Waals surface area contributed by atoms with Crippen LogP contribution in [0.25, 0.3) is 0 Å². The monoisotopic (exact) mass is 256 g/mol. The second kappa shape index (κ2) is 6.99. The third-order valence-electron chi connectivity index (χ3n) is 2.40. The first-order chi connectivity index (χ1) is 8.02. The lowest BCUT2D eigenvalue weighted by Gasteiger charge is -2.17. The van der Waals surface area contributed by atoms with Gasteiger partial charge >= 0.3 is 0 Å². The Balaban J connectivity index is 2.65. The number of hydrazine groups is 1. The number of benzene rings is 1. The average Bonchev–Trinajstić information content (AvgIpc) is 2.22. The van der Waals surface area contributed by atoms with Crippen molar-refractivity contribution in [3.8, 4) is 0 Å². The van der Waals surface area contributed by atoms with E-state index in [0.717, 1.165) is 22.6 Å². The topological polar surface area (TPSA) is 38.0 Å². The van der Waals surface area contributed by atoms with E-state index in [2.05, 4.69) is 19.3 Å². The zero-order chi connectivity index (χ0) is 12.8. The molecule has 4 heteroatoms. The molecule has 0 bridgehead atoms. The molecule has 1 unspecified atom stereocenters. The Morgan fingerprint density at radius 2 is 2.00 bits per heavy atom. The molecule has 1 aromatic rings. The summed E-state index contributed by atoms with van der Waals surface area (Å²) in [5.41, 5.74) is 4.60. The summed E-state index contributed by atoms with van der Waals surface area (Å²) in [6.07, 6.45) is 0. The molecular weight excluding hydrogens is 235 g/mol. The van der Waals surface area contributed by atoms with Gasteiger partial charge in [0.25, 0.3) is 0 Å². The van der Waals surface area contributed by atoms with Gasteiger partial charge in [0.05, 0.1) is 6.04 Å². The maximum Gasteiger partial charge on any atom is 0.123 e. The van der Waals surface area contributed by atoms with Gasteiger partial charge < -0.3 is 0 Å². The Morgan fingerprint density at radius 1 is 1.29 bits per heavy atom. The van der Waals surface area contributed by atoms with Gasteiger partial charge in [-0.2, -0.15) is 11.8 Å². The summed E-state index contributed by atoms with van der Waals surface area (Å²) in [6, 6.07) is 5.06. The average molecular weight is 256 g/mol. The minimum absolute atomic E-state index is 0.00755. The Hall–Kier alpha value is -0.580. The Bertz CT molecular complexity index is 335. The van der Waals surface area contributed by atoms with E-state index in [9.17, 15) is 4.39 Å². The highest BCUT2D eigenvalue weighted by molar-refractivity contribution is 7.99. The van der Waals surface area contributed by atoms with Crippen molar-refractivity contribution in [2.45, 2.75) is 26.8 Å². The van der Waals surface area contributed by atoms with Gasteiger partial charge in [0.1, 0.15) is 5.82 Å². The van der Waals surface area contributed by atoms with E-state index in [0.29, 0.717) is 5.92 Å². The SMILES string of the molecule is Cc1cc(F)cc(C(CSCC(C)C)NN)c1. The van der Waals surface area contributed by atoms with E-state index >= 15 is 0 Å². The standard InChI is InChI=1S/C13H21FN2S/c1-9(2)7-17-8-13(16-15)11-4-10(3)5-12(14)6-11/h4-6,9,13,16H,7-8,15H2,1-3H3. The van der Waals surface area contributed by atoms with Crippen molar-refractivity contribution >= 4 is 11.8 Å². The first-order valence-electron chi connectivity index (χ1n) is 5.84. The molecule has 0 saturated carbocycles. The minimum atomic E-state index is -0.200. The maximum absolute atomic E-state index is 13.3. The molecule has 1 rings (SSSR count). The molecular formula is C13H21FN2S. The van der Waals surface area contributed by atoms with Crippen LogP contribution in [0.15, 0.2) is 18.2 Å². The lowest BCUT2D eigenvalue weighted by Crippen LogP contribution is -2.30. The van der Waals surface area contributed by atoms with Crippen molar-refractivity contribution in [3.63, 3.8) is 0 Å². The van der Waals surface area contributed by atoms with Crippen molar-refractivity contribution < 1.29 is 4.39 Å². The van der Waals surface area contributed by atoms with E-state index < -0.39 is 0 Å². The zero-order valence-corrected chi connectivity index (χ0v) is 11.5. The maximum atomic E-state index is 13.3. The first-order valence-corrected chi connectivity index (χ1v) is 6.99. The van der Waals surface area contributed by atoms with Gasteiger partial charge in [-0.05, 0) is 41.9 Å². The summed E-state index contributed by atoms with van der Waals surface area (Å²) in [4.78, 5) is 0. The molecule has 0 fully saturated rings. The van der Waals surface area contributed by atoms with Crippen LogP contribution in [0.4, 0.5) is 4.39 Å². The van der Waals surface area contributed by atoms with Crippen LogP contribution in [0.1, 0.15) is 31.0 Å². The summed E-state index contributed by atoms with van der Waals surface area (Å²) >= 11 is 1.84. The summed E-state index contributed by atoms with van der Waals surface area (Å²) in [7, 11) is 0. The van der Waals surface area contributed by atoms with Crippen LogP contribution in [0.5, 0.6) is 0 Å². The van der Waals surface area contributed by atoms with E-state index in [1.807, 2.05) is 24.8 Å². The fourth-order valence-corrected chi connectivity index (χ4v) is 2.76. The van der Waals surface area contributed by atoms with Crippen molar-refractivity contribution in [2.75, 3.05) is 11.5 Å². The van der Waals surface area contributed by atoms with Gasteiger partial charge in [-0.25, -0.2) is 4.39 Å². The van der Waals surface area contributed by atoms with Crippen molar-refractivity contribution in [1.29, 1.82) is 0 Å². The van der Waals surface area contributed by atoms with E-state index in [-0.39, 0.29) is 11.9 Å². The molecule has 0 aromatic heterocycles. The van der Waals surface area contributed by atoms with Crippen LogP contribution >= 0.6 is 11.8 Å². The lowest BCUT2D eigenvalue weighted by atomic mass is 10.1. The molecule has 1 atom stereocenters. The molecule has 96 valence electrons. The fraction of sp³-hybridized carbons (Fsp3) is 0.538. The molecule has 0 amide bonds. The number of nitrogens with one attached hydrogen (secondary N) is 1. The van der Waals surface area contributed by atoms with Crippen molar-refractivity contribution in [1.82, 2.24) is 5.43 Å². The third kappa shape index (κ3) is 5.06. The number of hydrogen-bond donors (Lipinski definition) is 2. The number of nitrogens with two attached hydrogens (primary N) is 1. The fourth-order valence-electron chi connectivity index (χ4n) is 1.63. The predicted octanol–water partition coefficient (Wildman–Crippen LogP) is 3.03. The Morgan fingerprint density at radius 3 is 2.53 bits per heavy atom. The smallest absolute Gasteiger partial charge is 0.123 e. The van der Waals surface area contributed by atoms with E-state index in [1.54, 1.807) is 6.07 Å². The van der Waals surface area contributed by atoms with Crippen LogP contribution in [0, 0.1) is 18.7 Å². The molecule has 17 heavy (non-hydrogen) atoms. The molecule has 3 N–H and O–H groups in total. The third-order valence-corrected chi connectivity index (χ3v) is 3.88. The van der Waals surface area contributed by atoms with Crippen molar-refractivity contribution in [3.05, 3.63) is 35.1 Å². The second-order valence-electron chi connectivity index (χ2n) is 4.71. The van der Waals surface area contributed by atoms with Crippen LogP contribution in [-0.4, -0.2) is 11.5 Å². The highest BCUT2D eigenvalue weighted by atomic mass is 32.2. The predicted molar refractivity (Wildman–Crippen MR) is 73.4 cm³/mol. The molecule has 1 aromatic carbocycles. The number of halogens is 1. The van der Waals surface area contributed by atoms with Crippen molar-refractivity contribution in [2.24, 2.45) is 11.8 Å². The zero-order valence-electron chi connectivity index (χ0n) is 10.7. The number of aryl methyl sites for hydroxylation is 1. The quantitative estimate of drug-likeness (QED) is 0.607. The largest absolute Gasteiger partial charge is 0.271 e. The normalized spacial score (nSPS) is 13.1.